The molecule has 3 aromatic rings. The number of hydrogen-bond acceptors (Lipinski definition) is 8. The molecule has 11 nitrogen and oxygen atoms in total. The van der Waals surface area contributed by atoms with Crippen LogP contribution in [0.4, 0.5) is 19.0 Å². The minimum absolute atomic E-state index is 0.196. The number of piperazine rings is 1. The zero-order valence-corrected chi connectivity index (χ0v) is 26.3. The third kappa shape index (κ3) is 11.1. The number of aryl methyl sites for hydroxylation is 2. The number of carboxylic acids is 2. The van der Waals surface area contributed by atoms with Crippen LogP contribution in [0.5, 0.6) is 0 Å². The van der Waals surface area contributed by atoms with Gasteiger partial charge in [0.25, 0.3) is 0 Å². The van der Waals surface area contributed by atoms with Gasteiger partial charge in [-0.05, 0) is 32.4 Å². The summed E-state index contributed by atoms with van der Waals surface area (Å²) in [6.07, 6.45) is 0.141. The second-order valence-corrected chi connectivity index (χ2v) is 11.9. The highest BCUT2D eigenvalue weighted by molar-refractivity contribution is 5.89. The SMILES string of the molecule is Cc1ccc(-c2ccn(CCCCN3CCN(c4cc(C(F)(F)F)nc(C(C)(C)C)n4)CC3)c(=O)n2)cc1.O=C(O)C=CC(=O)O. The Hall–Kier alpha value is -4.59. The monoisotopic (exact) mass is 644 g/mol. The number of hydrogen-bond donors (Lipinski definition) is 2. The maximum Gasteiger partial charge on any atom is 0.433 e. The van der Waals surface area contributed by atoms with E-state index in [0.29, 0.717) is 43.3 Å². The molecule has 0 saturated carbocycles. The highest BCUT2D eigenvalue weighted by Gasteiger charge is 2.36. The van der Waals surface area contributed by atoms with Gasteiger partial charge in [0.05, 0.1) is 5.69 Å². The fraction of sp³-hybridized carbons (Fsp3) is 0.438. The predicted molar refractivity (Wildman–Crippen MR) is 167 cm³/mol. The van der Waals surface area contributed by atoms with Crippen molar-refractivity contribution in [3.63, 3.8) is 0 Å². The first kappa shape index (κ1) is 35.9. The molecule has 0 unspecified atom stereocenters. The Morgan fingerprint density at radius 2 is 1.46 bits per heavy atom. The van der Waals surface area contributed by atoms with Gasteiger partial charge < -0.3 is 15.1 Å². The Balaban J connectivity index is 0.000000637. The van der Waals surface area contributed by atoms with Crippen LogP contribution in [0.1, 0.15) is 50.7 Å². The number of aromatic nitrogens is 4. The molecule has 0 bridgehead atoms. The molecular formula is C32H39F3N6O5. The van der Waals surface area contributed by atoms with Crippen molar-refractivity contribution in [3.05, 3.63) is 82.3 Å². The molecule has 4 rings (SSSR count). The van der Waals surface area contributed by atoms with Crippen LogP contribution in [-0.2, 0) is 27.7 Å². The second kappa shape index (κ2) is 15.6. The van der Waals surface area contributed by atoms with Gasteiger partial charge in [-0.1, -0.05) is 50.6 Å². The molecule has 1 aliphatic rings. The Morgan fingerprint density at radius 1 is 0.870 bits per heavy atom. The Kier molecular flexibility index (Phi) is 12.2. The van der Waals surface area contributed by atoms with E-state index in [2.05, 4.69) is 19.9 Å². The summed E-state index contributed by atoms with van der Waals surface area (Å²) < 4.78 is 42.0. The predicted octanol–water partition coefficient (Wildman–Crippen LogP) is 4.64. The number of carboxylic acid groups (broad SMARTS) is 2. The molecule has 1 fully saturated rings. The summed E-state index contributed by atoms with van der Waals surface area (Å²) in [5.41, 5.74) is 1.01. The number of anilines is 1. The van der Waals surface area contributed by atoms with Gasteiger partial charge in [-0.15, -0.1) is 0 Å². The summed E-state index contributed by atoms with van der Waals surface area (Å²) in [6, 6.07) is 10.8. The molecule has 0 radical (unpaired) electrons. The third-order valence-electron chi connectivity index (χ3n) is 7.08. The smallest absolute Gasteiger partial charge is 0.433 e. The molecule has 0 aliphatic carbocycles. The van der Waals surface area contributed by atoms with E-state index in [1.807, 2.05) is 62.9 Å². The summed E-state index contributed by atoms with van der Waals surface area (Å²) in [4.78, 5) is 48.3. The van der Waals surface area contributed by atoms with Crippen molar-refractivity contribution in [1.82, 2.24) is 24.4 Å². The van der Waals surface area contributed by atoms with Crippen LogP contribution in [0, 0.1) is 6.92 Å². The van der Waals surface area contributed by atoms with Gasteiger partial charge >= 0.3 is 23.8 Å². The third-order valence-corrected chi connectivity index (χ3v) is 7.08. The van der Waals surface area contributed by atoms with E-state index < -0.39 is 29.2 Å². The first-order chi connectivity index (χ1) is 21.5. The maximum absolute atomic E-state index is 13.5. The fourth-order valence-corrected chi connectivity index (χ4v) is 4.52. The number of alkyl halides is 3. The summed E-state index contributed by atoms with van der Waals surface area (Å²) in [5.74, 6) is -1.99. The number of benzene rings is 1. The summed E-state index contributed by atoms with van der Waals surface area (Å²) in [7, 11) is 0. The molecule has 0 spiro atoms. The van der Waals surface area contributed by atoms with E-state index in [-0.39, 0.29) is 11.5 Å². The van der Waals surface area contributed by atoms with Gasteiger partial charge in [0.15, 0.2) is 0 Å². The lowest BCUT2D eigenvalue weighted by atomic mass is 9.95. The first-order valence-electron chi connectivity index (χ1n) is 14.8. The molecule has 0 amide bonds. The van der Waals surface area contributed by atoms with Gasteiger partial charge in [-0.3, -0.25) is 9.47 Å². The Labute approximate surface area is 265 Å². The molecule has 14 heteroatoms. The number of halogens is 3. The van der Waals surface area contributed by atoms with Crippen LogP contribution < -0.4 is 10.6 Å². The van der Waals surface area contributed by atoms with E-state index in [9.17, 15) is 27.6 Å². The highest BCUT2D eigenvalue weighted by Crippen LogP contribution is 2.32. The normalized spacial score (nSPS) is 14.2. The van der Waals surface area contributed by atoms with Crippen LogP contribution in [0.3, 0.4) is 0 Å². The molecule has 1 saturated heterocycles. The number of aliphatic carboxylic acids is 2. The average molecular weight is 645 g/mol. The molecule has 248 valence electrons. The van der Waals surface area contributed by atoms with Crippen molar-refractivity contribution in [1.29, 1.82) is 0 Å². The summed E-state index contributed by atoms with van der Waals surface area (Å²) in [5, 5.41) is 15.6. The van der Waals surface area contributed by atoms with Crippen molar-refractivity contribution in [2.24, 2.45) is 0 Å². The minimum atomic E-state index is -4.52. The van der Waals surface area contributed by atoms with E-state index in [1.54, 1.807) is 10.8 Å². The van der Waals surface area contributed by atoms with Crippen LogP contribution in [0.15, 0.2) is 59.5 Å². The lowest BCUT2D eigenvalue weighted by molar-refractivity contribution is -0.141. The van der Waals surface area contributed by atoms with Crippen molar-refractivity contribution >= 4 is 17.8 Å². The highest BCUT2D eigenvalue weighted by atomic mass is 19.4. The van der Waals surface area contributed by atoms with Gasteiger partial charge in [-0.25, -0.2) is 24.4 Å². The Morgan fingerprint density at radius 3 is 1.98 bits per heavy atom. The average Bonchev–Trinajstić information content (AvgIpc) is 2.99. The van der Waals surface area contributed by atoms with Gasteiger partial charge in [0.1, 0.15) is 17.3 Å². The van der Waals surface area contributed by atoms with Crippen LogP contribution in [0.2, 0.25) is 0 Å². The van der Waals surface area contributed by atoms with Crippen molar-refractivity contribution < 1.29 is 33.0 Å². The van der Waals surface area contributed by atoms with Crippen LogP contribution in [0.25, 0.3) is 11.3 Å². The summed E-state index contributed by atoms with van der Waals surface area (Å²) in [6.45, 7) is 11.6. The van der Waals surface area contributed by atoms with Crippen molar-refractivity contribution in [2.75, 3.05) is 37.6 Å². The standard InChI is InChI=1S/C28H35F3N6O.C4H4O4/c1-20-7-9-21(10-8-20)22-11-14-37(26(38)32-22)13-6-5-12-35-15-17-36(18-16-35)24-19-23(28(29,30)31)33-25(34-24)27(2,3)4;5-3(6)1-2-4(7)8/h7-11,14,19H,5-6,12-13,15-18H2,1-4H3;1-2H,(H,5,6)(H,7,8). The van der Waals surface area contributed by atoms with Crippen molar-refractivity contribution in [2.45, 2.75) is 58.7 Å². The zero-order chi connectivity index (χ0) is 34.1. The minimum Gasteiger partial charge on any atom is -0.478 e. The van der Waals surface area contributed by atoms with Crippen molar-refractivity contribution in [3.8, 4) is 11.3 Å². The molecule has 46 heavy (non-hydrogen) atoms. The van der Waals surface area contributed by atoms with Crippen LogP contribution >= 0.6 is 0 Å². The molecule has 1 aromatic carbocycles. The number of unbranched alkanes of at least 4 members (excludes halogenated alkanes) is 1. The van der Waals surface area contributed by atoms with E-state index in [0.717, 1.165) is 49.7 Å². The molecule has 2 N–H and O–H groups in total. The topological polar surface area (TPSA) is 142 Å². The molecule has 2 aromatic heterocycles. The van der Waals surface area contributed by atoms with Crippen LogP contribution in [-0.4, -0.2) is 79.3 Å². The molecule has 1 aliphatic heterocycles. The second-order valence-electron chi connectivity index (χ2n) is 11.9. The Bertz CT molecular complexity index is 1530. The lowest BCUT2D eigenvalue weighted by Crippen LogP contribution is -2.47. The van der Waals surface area contributed by atoms with E-state index in [4.69, 9.17) is 10.2 Å². The molecular weight excluding hydrogens is 605 g/mol. The molecule has 0 atom stereocenters. The number of carbonyl (C=O) groups is 2. The zero-order valence-electron chi connectivity index (χ0n) is 26.3. The largest absolute Gasteiger partial charge is 0.478 e. The van der Waals surface area contributed by atoms with Gasteiger partial charge in [0.2, 0.25) is 0 Å². The number of rotatable bonds is 9. The summed E-state index contributed by atoms with van der Waals surface area (Å²) >= 11 is 0. The molecule has 3 heterocycles. The van der Waals surface area contributed by atoms with E-state index >= 15 is 0 Å². The first-order valence-corrected chi connectivity index (χ1v) is 14.8. The maximum atomic E-state index is 13.5. The van der Waals surface area contributed by atoms with Gasteiger partial charge in [-0.2, -0.15) is 18.2 Å². The lowest BCUT2D eigenvalue weighted by Gasteiger charge is -2.36. The fourth-order valence-electron chi connectivity index (χ4n) is 4.52. The van der Waals surface area contributed by atoms with Gasteiger partial charge in [0, 0.05) is 68.1 Å². The van der Waals surface area contributed by atoms with E-state index in [1.165, 1.54) is 0 Å². The quantitative estimate of drug-likeness (QED) is 0.250. The number of nitrogens with zero attached hydrogens (tertiary/aromatic N) is 6.